The van der Waals surface area contributed by atoms with Crippen LogP contribution in [0.3, 0.4) is 0 Å². The number of aromatic nitrogens is 1. The molecule has 0 bridgehead atoms. The van der Waals surface area contributed by atoms with E-state index >= 15 is 0 Å². The zero-order valence-electron chi connectivity index (χ0n) is 10.8. The summed E-state index contributed by atoms with van der Waals surface area (Å²) in [7, 11) is 0. The number of halogens is 3. The Morgan fingerprint density at radius 1 is 1.38 bits per heavy atom. The summed E-state index contributed by atoms with van der Waals surface area (Å²) >= 11 is 0. The summed E-state index contributed by atoms with van der Waals surface area (Å²) < 4.78 is 37.9. The number of nitrogens with zero attached hydrogens (tertiary/aromatic N) is 3. The van der Waals surface area contributed by atoms with Gasteiger partial charge in [-0.3, -0.25) is 9.59 Å². The smallest absolute Gasteiger partial charge is 0.416 e. The lowest BCUT2D eigenvalue weighted by molar-refractivity contribution is -0.144. The molecule has 6 nitrogen and oxygen atoms in total. The first-order chi connectivity index (χ1) is 9.77. The summed E-state index contributed by atoms with van der Waals surface area (Å²) in [6.07, 6.45) is -3.45. The van der Waals surface area contributed by atoms with E-state index in [1.165, 1.54) is 4.90 Å². The van der Waals surface area contributed by atoms with Crippen LogP contribution in [0.25, 0.3) is 0 Å². The number of amides is 1. The van der Waals surface area contributed by atoms with Crippen LogP contribution in [0.15, 0.2) is 18.3 Å². The van der Waals surface area contributed by atoms with Crippen LogP contribution in [0.2, 0.25) is 0 Å². The molecule has 0 radical (unpaired) electrons. The molecule has 114 valence electrons. The number of carboxylic acid groups (broad SMARTS) is 1. The molecule has 9 heteroatoms. The number of carboxylic acids is 1. The zero-order chi connectivity index (χ0) is 15.6. The Balaban J connectivity index is 2.11. The highest BCUT2D eigenvalue weighted by atomic mass is 19.4. The molecule has 1 aliphatic rings. The normalized spacial score (nSPS) is 16.2. The number of rotatable bonds is 3. The van der Waals surface area contributed by atoms with Gasteiger partial charge in [0.2, 0.25) is 5.91 Å². The third kappa shape index (κ3) is 3.61. The maximum atomic E-state index is 12.6. The molecule has 1 saturated heterocycles. The molecule has 0 spiro atoms. The average molecular weight is 303 g/mol. The van der Waals surface area contributed by atoms with E-state index in [0.717, 1.165) is 23.2 Å². The number of alkyl halides is 3. The van der Waals surface area contributed by atoms with Gasteiger partial charge < -0.3 is 14.9 Å². The summed E-state index contributed by atoms with van der Waals surface area (Å²) in [5, 5.41) is 8.65. The first kappa shape index (κ1) is 15.1. The summed E-state index contributed by atoms with van der Waals surface area (Å²) in [6.45, 7) is -0.249. The summed E-state index contributed by atoms with van der Waals surface area (Å²) in [4.78, 5) is 28.7. The lowest BCUT2D eigenvalue weighted by Gasteiger charge is -2.34. The fraction of sp³-hybridized carbons (Fsp3) is 0.417. The van der Waals surface area contributed by atoms with Gasteiger partial charge in [-0.2, -0.15) is 13.2 Å². The largest absolute Gasteiger partial charge is 0.480 e. The second kappa shape index (κ2) is 5.58. The Hall–Kier alpha value is -2.32. The van der Waals surface area contributed by atoms with E-state index in [1.807, 2.05) is 0 Å². The highest BCUT2D eigenvalue weighted by Crippen LogP contribution is 2.30. The molecular weight excluding hydrogens is 291 g/mol. The highest BCUT2D eigenvalue weighted by Gasteiger charge is 2.32. The van der Waals surface area contributed by atoms with E-state index in [4.69, 9.17) is 5.11 Å². The molecule has 2 heterocycles. The standard InChI is InChI=1S/C12H12F3N3O3/c13-12(14,15)8-1-2-16-9(5-8)17-3-4-18(7-11(20)21)10(19)6-17/h1-2,5H,3-4,6-7H2,(H,20,21). The van der Waals surface area contributed by atoms with Crippen molar-refractivity contribution < 1.29 is 27.9 Å². The summed E-state index contributed by atoms with van der Waals surface area (Å²) in [6, 6.07) is 1.73. The predicted molar refractivity (Wildman–Crippen MR) is 65.7 cm³/mol. The molecule has 1 N–H and O–H groups in total. The van der Waals surface area contributed by atoms with Crippen LogP contribution in [0.4, 0.5) is 19.0 Å². The highest BCUT2D eigenvalue weighted by molar-refractivity contribution is 5.85. The molecule has 0 aromatic carbocycles. The van der Waals surface area contributed by atoms with Crippen molar-refractivity contribution in [2.45, 2.75) is 6.18 Å². The van der Waals surface area contributed by atoms with E-state index < -0.39 is 30.2 Å². The Kier molecular flexibility index (Phi) is 4.01. The topological polar surface area (TPSA) is 73.7 Å². The lowest BCUT2D eigenvalue weighted by Crippen LogP contribution is -2.52. The van der Waals surface area contributed by atoms with E-state index in [-0.39, 0.29) is 25.5 Å². The molecule has 1 fully saturated rings. The van der Waals surface area contributed by atoms with Crippen LogP contribution < -0.4 is 4.90 Å². The second-order valence-electron chi connectivity index (χ2n) is 4.53. The third-order valence-electron chi connectivity index (χ3n) is 3.04. The van der Waals surface area contributed by atoms with Gasteiger partial charge in [-0.15, -0.1) is 0 Å². The van der Waals surface area contributed by atoms with Gasteiger partial charge in [0, 0.05) is 19.3 Å². The quantitative estimate of drug-likeness (QED) is 0.895. The van der Waals surface area contributed by atoms with Gasteiger partial charge in [-0.25, -0.2) is 4.98 Å². The number of carbonyl (C=O) groups excluding carboxylic acids is 1. The average Bonchev–Trinajstić information content (AvgIpc) is 2.40. The van der Waals surface area contributed by atoms with Crippen LogP contribution in [0, 0.1) is 0 Å². The van der Waals surface area contributed by atoms with Crippen molar-refractivity contribution in [2.24, 2.45) is 0 Å². The van der Waals surface area contributed by atoms with Crippen molar-refractivity contribution in [1.29, 1.82) is 0 Å². The van der Waals surface area contributed by atoms with Crippen molar-refractivity contribution in [3.8, 4) is 0 Å². The third-order valence-corrected chi connectivity index (χ3v) is 3.04. The minimum absolute atomic E-state index is 0.0492. The SMILES string of the molecule is O=C(O)CN1CCN(c2cc(C(F)(F)F)ccn2)CC1=O. The van der Waals surface area contributed by atoms with Crippen molar-refractivity contribution >= 4 is 17.7 Å². The maximum absolute atomic E-state index is 12.6. The fourth-order valence-electron chi connectivity index (χ4n) is 2.00. The predicted octanol–water partition coefficient (Wildman–Crippen LogP) is 0.834. The monoisotopic (exact) mass is 303 g/mol. The molecule has 0 aliphatic carbocycles. The van der Waals surface area contributed by atoms with Crippen molar-refractivity contribution in [2.75, 3.05) is 31.1 Å². The minimum atomic E-state index is -4.48. The first-order valence-corrected chi connectivity index (χ1v) is 6.05. The van der Waals surface area contributed by atoms with Crippen molar-refractivity contribution in [3.05, 3.63) is 23.9 Å². The van der Waals surface area contributed by atoms with Gasteiger partial charge in [-0.05, 0) is 12.1 Å². The molecule has 0 atom stereocenters. The van der Waals surface area contributed by atoms with Crippen LogP contribution in [0.5, 0.6) is 0 Å². The Morgan fingerprint density at radius 2 is 2.10 bits per heavy atom. The molecular formula is C12H12F3N3O3. The maximum Gasteiger partial charge on any atom is 0.416 e. The second-order valence-corrected chi connectivity index (χ2v) is 4.53. The molecule has 0 unspecified atom stereocenters. The van der Waals surface area contributed by atoms with Gasteiger partial charge in [0.1, 0.15) is 12.4 Å². The van der Waals surface area contributed by atoms with Crippen LogP contribution in [0.1, 0.15) is 5.56 Å². The zero-order valence-corrected chi connectivity index (χ0v) is 10.8. The van der Waals surface area contributed by atoms with E-state index in [0.29, 0.717) is 0 Å². The van der Waals surface area contributed by atoms with Gasteiger partial charge in [0.25, 0.3) is 0 Å². The van der Waals surface area contributed by atoms with Gasteiger partial charge in [0.15, 0.2) is 0 Å². The summed E-state index contributed by atoms with van der Waals surface area (Å²) in [5.41, 5.74) is -0.840. The minimum Gasteiger partial charge on any atom is -0.480 e. The number of anilines is 1. The number of carbonyl (C=O) groups is 2. The van der Waals surface area contributed by atoms with E-state index in [2.05, 4.69) is 4.98 Å². The Labute approximate surface area is 117 Å². The van der Waals surface area contributed by atoms with Crippen molar-refractivity contribution in [1.82, 2.24) is 9.88 Å². The number of pyridine rings is 1. The number of piperazine rings is 1. The molecule has 1 amide bonds. The first-order valence-electron chi connectivity index (χ1n) is 6.05. The van der Waals surface area contributed by atoms with E-state index in [1.54, 1.807) is 0 Å². The van der Waals surface area contributed by atoms with Gasteiger partial charge >= 0.3 is 12.1 Å². The Bertz CT molecular complexity index is 562. The molecule has 1 aromatic rings. The fourth-order valence-corrected chi connectivity index (χ4v) is 2.00. The summed E-state index contributed by atoms with van der Waals surface area (Å²) in [5.74, 6) is -1.54. The molecule has 21 heavy (non-hydrogen) atoms. The van der Waals surface area contributed by atoms with Crippen molar-refractivity contribution in [3.63, 3.8) is 0 Å². The molecule has 0 saturated carbocycles. The van der Waals surface area contributed by atoms with E-state index in [9.17, 15) is 22.8 Å². The molecule has 1 aromatic heterocycles. The van der Waals surface area contributed by atoms with Gasteiger partial charge in [0.05, 0.1) is 12.1 Å². The lowest BCUT2D eigenvalue weighted by atomic mass is 10.2. The number of aliphatic carboxylic acids is 1. The van der Waals surface area contributed by atoms with Crippen LogP contribution in [-0.2, 0) is 15.8 Å². The van der Waals surface area contributed by atoms with Crippen LogP contribution >= 0.6 is 0 Å². The number of hydrogen-bond donors (Lipinski definition) is 1. The van der Waals surface area contributed by atoms with Crippen LogP contribution in [-0.4, -0.2) is 53.0 Å². The number of hydrogen-bond acceptors (Lipinski definition) is 4. The Morgan fingerprint density at radius 3 is 2.67 bits per heavy atom. The van der Waals surface area contributed by atoms with Gasteiger partial charge in [-0.1, -0.05) is 0 Å². The molecule has 2 rings (SSSR count). The molecule has 1 aliphatic heterocycles.